The molecular formula is C15H10FN3O. The van der Waals surface area contributed by atoms with Gasteiger partial charge in [-0.1, -0.05) is 6.07 Å². The van der Waals surface area contributed by atoms with Crippen LogP contribution in [-0.4, -0.2) is 15.9 Å². The third-order valence-electron chi connectivity index (χ3n) is 2.86. The van der Waals surface area contributed by atoms with Gasteiger partial charge in [0, 0.05) is 23.3 Å². The fourth-order valence-corrected chi connectivity index (χ4v) is 1.87. The van der Waals surface area contributed by atoms with Gasteiger partial charge in [-0.15, -0.1) is 0 Å². The second kappa shape index (κ2) is 5.05. The maximum atomic E-state index is 13.4. The van der Waals surface area contributed by atoms with Crippen LogP contribution in [0.5, 0.6) is 0 Å². The Hall–Kier alpha value is -2.82. The standard InChI is InChI=1S/C15H10FN3O/c16-12-4-2-8-18-14(12)19-15(20)11-5-6-13-10(9-11)3-1-7-17-13/h1-9H,(H,18,19,20). The normalized spacial score (nSPS) is 10.4. The van der Waals surface area contributed by atoms with Gasteiger partial charge in [0.1, 0.15) is 0 Å². The zero-order valence-electron chi connectivity index (χ0n) is 10.4. The number of anilines is 1. The third-order valence-corrected chi connectivity index (χ3v) is 2.86. The van der Waals surface area contributed by atoms with Crippen molar-refractivity contribution in [3.05, 3.63) is 66.2 Å². The summed E-state index contributed by atoms with van der Waals surface area (Å²) in [6, 6.07) is 11.5. The fourth-order valence-electron chi connectivity index (χ4n) is 1.87. The number of nitrogens with zero attached hydrogens (tertiary/aromatic N) is 2. The summed E-state index contributed by atoms with van der Waals surface area (Å²) in [7, 11) is 0. The number of amides is 1. The van der Waals surface area contributed by atoms with Crippen molar-refractivity contribution >= 4 is 22.6 Å². The SMILES string of the molecule is O=C(Nc1ncccc1F)c1ccc2ncccc2c1. The number of fused-ring (bicyclic) bond motifs is 1. The molecule has 2 heterocycles. The number of rotatable bonds is 2. The van der Waals surface area contributed by atoms with E-state index in [1.54, 1.807) is 30.5 Å². The first kappa shape index (κ1) is 12.2. The number of carbonyl (C=O) groups is 1. The van der Waals surface area contributed by atoms with Crippen molar-refractivity contribution in [2.45, 2.75) is 0 Å². The smallest absolute Gasteiger partial charge is 0.256 e. The molecular weight excluding hydrogens is 257 g/mol. The Morgan fingerprint density at radius 3 is 2.70 bits per heavy atom. The zero-order valence-corrected chi connectivity index (χ0v) is 10.4. The molecule has 20 heavy (non-hydrogen) atoms. The molecule has 1 N–H and O–H groups in total. The Morgan fingerprint density at radius 2 is 1.85 bits per heavy atom. The summed E-state index contributed by atoms with van der Waals surface area (Å²) in [6.45, 7) is 0. The van der Waals surface area contributed by atoms with Crippen LogP contribution in [0.25, 0.3) is 10.9 Å². The van der Waals surface area contributed by atoms with Crippen molar-refractivity contribution in [1.29, 1.82) is 0 Å². The molecule has 5 heteroatoms. The van der Waals surface area contributed by atoms with E-state index in [9.17, 15) is 9.18 Å². The first-order valence-corrected chi connectivity index (χ1v) is 6.01. The Bertz CT molecular complexity index is 789. The average molecular weight is 267 g/mol. The molecule has 0 atom stereocenters. The van der Waals surface area contributed by atoms with Gasteiger partial charge < -0.3 is 5.32 Å². The summed E-state index contributed by atoms with van der Waals surface area (Å²) in [5, 5.41) is 3.29. The predicted octanol–water partition coefficient (Wildman–Crippen LogP) is 3.02. The Balaban J connectivity index is 1.91. The van der Waals surface area contributed by atoms with Crippen molar-refractivity contribution in [3.8, 4) is 0 Å². The lowest BCUT2D eigenvalue weighted by Crippen LogP contribution is -2.14. The first-order valence-electron chi connectivity index (χ1n) is 6.01. The van der Waals surface area contributed by atoms with Gasteiger partial charge in [0.2, 0.25) is 0 Å². The predicted molar refractivity (Wildman–Crippen MR) is 73.9 cm³/mol. The quantitative estimate of drug-likeness (QED) is 0.776. The van der Waals surface area contributed by atoms with Crippen LogP contribution in [0.4, 0.5) is 10.2 Å². The first-order chi connectivity index (χ1) is 9.74. The zero-order chi connectivity index (χ0) is 13.9. The lowest BCUT2D eigenvalue weighted by molar-refractivity contribution is 0.102. The molecule has 0 aliphatic heterocycles. The highest BCUT2D eigenvalue weighted by atomic mass is 19.1. The fraction of sp³-hybridized carbons (Fsp3) is 0. The largest absolute Gasteiger partial charge is 0.304 e. The van der Waals surface area contributed by atoms with E-state index in [-0.39, 0.29) is 5.82 Å². The molecule has 0 fully saturated rings. The van der Waals surface area contributed by atoms with E-state index in [0.29, 0.717) is 5.56 Å². The van der Waals surface area contributed by atoms with Gasteiger partial charge >= 0.3 is 0 Å². The average Bonchev–Trinajstić information content (AvgIpc) is 2.49. The second-order valence-electron chi connectivity index (χ2n) is 4.20. The molecule has 0 radical (unpaired) electrons. The molecule has 2 aromatic heterocycles. The van der Waals surface area contributed by atoms with Crippen LogP contribution in [-0.2, 0) is 0 Å². The Morgan fingerprint density at radius 1 is 1.05 bits per heavy atom. The van der Waals surface area contributed by atoms with E-state index in [1.807, 2.05) is 6.07 Å². The molecule has 0 aliphatic rings. The van der Waals surface area contributed by atoms with Gasteiger partial charge in [0.25, 0.3) is 5.91 Å². The lowest BCUT2D eigenvalue weighted by Gasteiger charge is -2.06. The van der Waals surface area contributed by atoms with Gasteiger partial charge in [0.05, 0.1) is 5.52 Å². The number of nitrogens with one attached hydrogen (secondary N) is 1. The molecule has 1 amide bonds. The van der Waals surface area contributed by atoms with Crippen molar-refractivity contribution < 1.29 is 9.18 Å². The van der Waals surface area contributed by atoms with E-state index < -0.39 is 11.7 Å². The number of hydrogen-bond acceptors (Lipinski definition) is 3. The van der Waals surface area contributed by atoms with Gasteiger partial charge in [-0.2, -0.15) is 0 Å². The summed E-state index contributed by atoms with van der Waals surface area (Å²) in [6.07, 6.45) is 3.11. The van der Waals surface area contributed by atoms with E-state index in [0.717, 1.165) is 10.9 Å². The van der Waals surface area contributed by atoms with E-state index in [2.05, 4.69) is 15.3 Å². The van der Waals surface area contributed by atoms with Crippen molar-refractivity contribution in [1.82, 2.24) is 9.97 Å². The summed E-state index contributed by atoms with van der Waals surface area (Å²) in [5.41, 5.74) is 1.23. The third kappa shape index (κ3) is 2.33. The number of pyridine rings is 2. The summed E-state index contributed by atoms with van der Waals surface area (Å²) >= 11 is 0. The summed E-state index contributed by atoms with van der Waals surface area (Å²) in [4.78, 5) is 20.0. The molecule has 3 rings (SSSR count). The van der Waals surface area contributed by atoms with E-state index >= 15 is 0 Å². The van der Waals surface area contributed by atoms with Crippen molar-refractivity contribution in [2.24, 2.45) is 0 Å². The Labute approximate surface area is 114 Å². The van der Waals surface area contributed by atoms with Crippen LogP contribution in [0.2, 0.25) is 0 Å². The minimum absolute atomic E-state index is 0.0798. The van der Waals surface area contributed by atoms with E-state index in [4.69, 9.17) is 0 Å². The molecule has 3 aromatic rings. The highest BCUT2D eigenvalue weighted by Gasteiger charge is 2.10. The maximum absolute atomic E-state index is 13.4. The van der Waals surface area contributed by atoms with Crippen LogP contribution in [0.1, 0.15) is 10.4 Å². The number of aromatic nitrogens is 2. The maximum Gasteiger partial charge on any atom is 0.256 e. The Kier molecular flexibility index (Phi) is 3.09. The monoisotopic (exact) mass is 267 g/mol. The van der Waals surface area contributed by atoms with Gasteiger partial charge in [-0.05, 0) is 36.4 Å². The lowest BCUT2D eigenvalue weighted by atomic mass is 10.1. The second-order valence-corrected chi connectivity index (χ2v) is 4.20. The van der Waals surface area contributed by atoms with Crippen LogP contribution in [0, 0.1) is 5.82 Å². The number of halogens is 1. The molecule has 0 saturated carbocycles. The summed E-state index contributed by atoms with van der Waals surface area (Å²) in [5.74, 6) is -1.06. The van der Waals surface area contributed by atoms with Crippen LogP contribution in [0.3, 0.4) is 0 Å². The topological polar surface area (TPSA) is 54.9 Å². The van der Waals surface area contributed by atoms with E-state index in [1.165, 1.54) is 18.3 Å². The minimum atomic E-state index is -0.566. The molecule has 98 valence electrons. The highest BCUT2D eigenvalue weighted by Crippen LogP contribution is 2.15. The number of benzene rings is 1. The molecule has 1 aromatic carbocycles. The molecule has 0 unspecified atom stereocenters. The number of carbonyl (C=O) groups excluding carboxylic acids is 1. The van der Waals surface area contributed by atoms with Gasteiger partial charge in [-0.25, -0.2) is 9.37 Å². The van der Waals surface area contributed by atoms with Crippen molar-refractivity contribution in [3.63, 3.8) is 0 Å². The van der Waals surface area contributed by atoms with Crippen LogP contribution >= 0.6 is 0 Å². The van der Waals surface area contributed by atoms with Gasteiger partial charge in [0.15, 0.2) is 11.6 Å². The molecule has 0 bridgehead atoms. The van der Waals surface area contributed by atoms with Crippen LogP contribution in [0.15, 0.2) is 54.9 Å². The molecule has 0 aliphatic carbocycles. The van der Waals surface area contributed by atoms with Gasteiger partial charge in [-0.3, -0.25) is 9.78 Å². The molecule has 0 spiro atoms. The van der Waals surface area contributed by atoms with Crippen molar-refractivity contribution in [2.75, 3.05) is 5.32 Å². The molecule has 4 nitrogen and oxygen atoms in total. The highest BCUT2D eigenvalue weighted by molar-refractivity contribution is 6.05. The minimum Gasteiger partial charge on any atom is -0.304 e. The molecule has 0 saturated heterocycles. The van der Waals surface area contributed by atoms with Crippen LogP contribution < -0.4 is 5.32 Å². The number of hydrogen-bond donors (Lipinski definition) is 1. The summed E-state index contributed by atoms with van der Waals surface area (Å²) < 4.78 is 13.4.